The molecule has 0 aliphatic rings. The Morgan fingerprint density at radius 3 is 1.06 bits per heavy atom. The molecule has 254 valence electrons. The Morgan fingerprint density at radius 2 is 0.648 bits per heavy atom. The van der Waals surface area contributed by atoms with Crippen LogP contribution < -0.4 is 0 Å². The minimum atomic E-state index is 0.455. The Kier molecular flexibility index (Phi) is 7.50. The van der Waals surface area contributed by atoms with E-state index < -0.39 is 0 Å². The zero-order valence-corrected chi connectivity index (χ0v) is 28.3. The van der Waals surface area contributed by atoms with Crippen molar-refractivity contribution in [1.82, 2.24) is 44.9 Å². The summed E-state index contributed by atoms with van der Waals surface area (Å²) in [5.41, 5.74) is 8.57. The van der Waals surface area contributed by atoms with E-state index >= 15 is 0 Å². The minimum absolute atomic E-state index is 0.455. The molecule has 0 unspecified atom stereocenters. The molecule has 0 fully saturated rings. The average Bonchev–Trinajstić information content (AvgIpc) is 3.89. The van der Waals surface area contributed by atoms with E-state index in [9.17, 15) is 0 Å². The van der Waals surface area contributed by atoms with Crippen LogP contribution in [-0.2, 0) is 0 Å². The van der Waals surface area contributed by atoms with Crippen LogP contribution in [0.4, 0.5) is 0 Å². The topological polar surface area (TPSA) is 142 Å². The standard InChI is InChI=1S/C43H25N9O2/c1-3-9-35-33(7-1)48-42(53-35)28-15-11-26(12-16-28)39-50-40(27-13-17-29(18-14-27)43-49-34-8-2-4-10-36(34)54-43)52-41(51-39)32-24-30(37-44-19-5-20-45-37)23-31(25-32)38-46-21-6-22-47-38/h1-25H. The predicted molar refractivity (Wildman–Crippen MR) is 204 cm³/mol. The summed E-state index contributed by atoms with van der Waals surface area (Å²) in [5.74, 6) is 3.60. The van der Waals surface area contributed by atoms with Crippen molar-refractivity contribution in [2.75, 3.05) is 0 Å². The molecule has 11 heteroatoms. The number of fused-ring (bicyclic) bond motifs is 2. The number of para-hydroxylation sites is 4. The van der Waals surface area contributed by atoms with Crippen LogP contribution in [0, 0.1) is 0 Å². The lowest BCUT2D eigenvalue weighted by Gasteiger charge is -2.11. The van der Waals surface area contributed by atoms with Crippen molar-refractivity contribution in [1.29, 1.82) is 0 Å². The van der Waals surface area contributed by atoms with E-state index in [0.717, 1.165) is 61.1 Å². The lowest BCUT2D eigenvalue weighted by atomic mass is 10.0. The van der Waals surface area contributed by atoms with Crippen LogP contribution in [0.15, 0.2) is 161 Å². The monoisotopic (exact) mass is 699 g/mol. The fourth-order valence-electron chi connectivity index (χ4n) is 6.19. The zero-order valence-electron chi connectivity index (χ0n) is 28.3. The van der Waals surface area contributed by atoms with E-state index in [2.05, 4.69) is 29.9 Å². The Hall–Kier alpha value is -7.79. The number of aromatic nitrogens is 9. The van der Waals surface area contributed by atoms with Crippen LogP contribution in [0.3, 0.4) is 0 Å². The summed E-state index contributed by atoms with van der Waals surface area (Å²) in [5, 5.41) is 0. The van der Waals surface area contributed by atoms with E-state index in [1.54, 1.807) is 36.9 Å². The minimum Gasteiger partial charge on any atom is -0.436 e. The molecule has 54 heavy (non-hydrogen) atoms. The van der Waals surface area contributed by atoms with Gasteiger partial charge in [-0.15, -0.1) is 0 Å². The van der Waals surface area contributed by atoms with E-state index in [1.807, 2.05) is 115 Å². The van der Waals surface area contributed by atoms with Crippen molar-refractivity contribution in [3.05, 3.63) is 152 Å². The van der Waals surface area contributed by atoms with Crippen LogP contribution in [0.1, 0.15) is 0 Å². The first kappa shape index (κ1) is 31.0. The van der Waals surface area contributed by atoms with Crippen molar-refractivity contribution < 1.29 is 8.83 Å². The first-order valence-corrected chi connectivity index (χ1v) is 17.1. The third-order valence-corrected chi connectivity index (χ3v) is 8.84. The van der Waals surface area contributed by atoms with Gasteiger partial charge in [-0.1, -0.05) is 48.5 Å². The number of oxazole rings is 2. The molecule has 10 aromatic rings. The molecule has 0 aliphatic carbocycles. The van der Waals surface area contributed by atoms with Crippen molar-refractivity contribution in [2.24, 2.45) is 0 Å². The van der Waals surface area contributed by atoms with Crippen molar-refractivity contribution in [3.8, 4) is 79.8 Å². The molecule has 0 saturated heterocycles. The molecule has 0 saturated carbocycles. The van der Waals surface area contributed by atoms with Gasteiger partial charge in [-0.05, 0) is 78.9 Å². The SMILES string of the molecule is c1cnc(-c2cc(-c3ncccn3)cc(-c3nc(-c4ccc(-c5nc6ccccc6o5)cc4)nc(-c4ccc(-c5nc6ccccc6o5)cc4)n3)c2)nc1. The van der Waals surface area contributed by atoms with E-state index in [0.29, 0.717) is 40.9 Å². The first-order chi connectivity index (χ1) is 26.7. The number of hydrogen-bond acceptors (Lipinski definition) is 11. The van der Waals surface area contributed by atoms with Gasteiger partial charge in [0.05, 0.1) is 0 Å². The summed E-state index contributed by atoms with van der Waals surface area (Å²) in [6.07, 6.45) is 6.84. The molecule has 0 aliphatic heterocycles. The van der Waals surface area contributed by atoms with Gasteiger partial charge < -0.3 is 8.83 Å². The van der Waals surface area contributed by atoms with Crippen molar-refractivity contribution in [2.45, 2.75) is 0 Å². The molecule has 5 aromatic heterocycles. The maximum Gasteiger partial charge on any atom is 0.227 e. The van der Waals surface area contributed by atoms with Crippen LogP contribution in [0.2, 0.25) is 0 Å². The summed E-state index contributed by atoms with van der Waals surface area (Å²) in [7, 11) is 0. The van der Waals surface area contributed by atoms with Gasteiger partial charge in [0.25, 0.3) is 0 Å². The normalized spacial score (nSPS) is 11.3. The fourth-order valence-corrected chi connectivity index (χ4v) is 6.19. The number of hydrogen-bond donors (Lipinski definition) is 0. The molecule has 0 spiro atoms. The molecular formula is C43H25N9O2. The van der Waals surface area contributed by atoms with Crippen LogP contribution in [0.5, 0.6) is 0 Å². The quantitative estimate of drug-likeness (QED) is 0.157. The molecule has 0 bridgehead atoms. The van der Waals surface area contributed by atoms with Gasteiger partial charge in [-0.3, -0.25) is 0 Å². The summed E-state index contributed by atoms with van der Waals surface area (Å²) >= 11 is 0. The summed E-state index contributed by atoms with van der Waals surface area (Å²) in [6.45, 7) is 0. The third kappa shape index (κ3) is 5.91. The number of nitrogens with zero attached hydrogens (tertiary/aromatic N) is 9. The summed E-state index contributed by atoms with van der Waals surface area (Å²) < 4.78 is 12.0. The second kappa shape index (κ2) is 13.1. The summed E-state index contributed by atoms with van der Waals surface area (Å²) in [4.78, 5) is 42.4. The van der Waals surface area contributed by atoms with E-state index in [-0.39, 0.29) is 0 Å². The van der Waals surface area contributed by atoms with Crippen LogP contribution in [0.25, 0.3) is 102 Å². The predicted octanol–water partition coefficient (Wildman–Crippen LogP) is 9.40. The van der Waals surface area contributed by atoms with Gasteiger partial charge in [0, 0.05) is 63.7 Å². The molecule has 0 amide bonds. The van der Waals surface area contributed by atoms with Gasteiger partial charge in [0.2, 0.25) is 11.8 Å². The van der Waals surface area contributed by atoms with Crippen molar-refractivity contribution >= 4 is 22.2 Å². The third-order valence-electron chi connectivity index (χ3n) is 8.84. The van der Waals surface area contributed by atoms with E-state index in [4.69, 9.17) is 23.8 Å². The Morgan fingerprint density at radius 1 is 0.296 bits per heavy atom. The Bertz CT molecular complexity index is 2670. The van der Waals surface area contributed by atoms with Crippen LogP contribution >= 0.6 is 0 Å². The smallest absolute Gasteiger partial charge is 0.227 e. The molecule has 11 nitrogen and oxygen atoms in total. The Labute approximate surface area is 307 Å². The average molecular weight is 700 g/mol. The number of benzene rings is 5. The van der Waals surface area contributed by atoms with Gasteiger partial charge in [-0.25, -0.2) is 44.9 Å². The highest BCUT2D eigenvalue weighted by molar-refractivity contribution is 5.79. The molecular weight excluding hydrogens is 675 g/mol. The fraction of sp³-hybridized carbons (Fsp3) is 0. The highest BCUT2D eigenvalue weighted by Crippen LogP contribution is 2.33. The van der Waals surface area contributed by atoms with Gasteiger partial charge >= 0.3 is 0 Å². The second-order valence-corrected chi connectivity index (χ2v) is 12.4. The van der Waals surface area contributed by atoms with Gasteiger partial charge in [0.1, 0.15) is 11.0 Å². The van der Waals surface area contributed by atoms with Gasteiger partial charge in [0.15, 0.2) is 40.3 Å². The largest absolute Gasteiger partial charge is 0.436 e. The van der Waals surface area contributed by atoms with Crippen molar-refractivity contribution in [3.63, 3.8) is 0 Å². The Balaban J connectivity index is 1.10. The first-order valence-electron chi connectivity index (χ1n) is 17.1. The maximum absolute atomic E-state index is 6.02. The molecule has 0 radical (unpaired) electrons. The zero-order chi connectivity index (χ0) is 35.8. The van der Waals surface area contributed by atoms with Crippen LogP contribution in [-0.4, -0.2) is 44.9 Å². The lowest BCUT2D eigenvalue weighted by molar-refractivity contribution is 0.619. The van der Waals surface area contributed by atoms with Gasteiger partial charge in [-0.2, -0.15) is 0 Å². The maximum atomic E-state index is 6.02. The molecule has 0 atom stereocenters. The summed E-state index contributed by atoms with van der Waals surface area (Å²) in [6, 6.07) is 40.5. The molecule has 5 aromatic carbocycles. The highest BCUT2D eigenvalue weighted by atomic mass is 16.4. The molecule has 0 N–H and O–H groups in total. The highest BCUT2D eigenvalue weighted by Gasteiger charge is 2.17. The van der Waals surface area contributed by atoms with E-state index in [1.165, 1.54) is 0 Å². The lowest BCUT2D eigenvalue weighted by Crippen LogP contribution is -2.01. The second-order valence-electron chi connectivity index (χ2n) is 12.4. The number of rotatable bonds is 7. The molecule has 10 rings (SSSR count). The molecule has 5 heterocycles.